The minimum absolute atomic E-state index is 0. The van der Waals surface area contributed by atoms with E-state index in [-0.39, 0.29) is 17.0 Å². The van der Waals surface area contributed by atoms with E-state index < -0.39 is 10.0 Å². The Kier molecular flexibility index (Phi) is 17.5. The summed E-state index contributed by atoms with van der Waals surface area (Å²) in [6, 6.07) is 0. The van der Waals surface area contributed by atoms with Crippen molar-refractivity contribution in [2.45, 2.75) is 71.1 Å². The second kappa shape index (κ2) is 16.1. The maximum Gasteiger partial charge on any atom is 0.213 e. The monoisotopic (exact) mass is 455 g/mol. The fourth-order valence-corrected chi connectivity index (χ4v) is 4.34. The van der Waals surface area contributed by atoms with Crippen LogP contribution in [0.1, 0.15) is 71.1 Å². The first-order valence-corrected chi connectivity index (χ1v) is 11.7. The fourth-order valence-electron chi connectivity index (χ4n) is 3.05. The van der Waals surface area contributed by atoms with Crippen molar-refractivity contribution in [1.82, 2.24) is 4.31 Å². The van der Waals surface area contributed by atoms with Gasteiger partial charge in [0.05, 0.1) is 32.9 Å². The summed E-state index contributed by atoms with van der Waals surface area (Å²) in [6.07, 6.45) is 13.6. The van der Waals surface area contributed by atoms with Gasteiger partial charge in [-0.2, -0.15) is 0 Å². The van der Waals surface area contributed by atoms with Crippen molar-refractivity contribution in [1.29, 1.82) is 0 Å². The smallest absolute Gasteiger partial charge is 0.213 e. The Balaban J connectivity index is 0. The first kappa shape index (κ1) is 28.3. The Morgan fingerprint density at radius 2 is 1.42 bits per heavy atom. The summed E-state index contributed by atoms with van der Waals surface area (Å²) in [6.45, 7) is 8.50. The van der Waals surface area contributed by atoms with E-state index in [9.17, 15) is 8.42 Å². The molecular formula is C20H44BrN2O2S+. The van der Waals surface area contributed by atoms with Gasteiger partial charge in [0.1, 0.15) is 0 Å². The summed E-state index contributed by atoms with van der Waals surface area (Å²) < 4.78 is 27.1. The summed E-state index contributed by atoms with van der Waals surface area (Å²) in [7, 11) is 2.93. The predicted octanol–water partition coefficient (Wildman–Crippen LogP) is 5.01. The van der Waals surface area contributed by atoms with Gasteiger partial charge in [0.15, 0.2) is 0 Å². The molecule has 0 aromatic carbocycles. The number of sulfonamides is 1. The quantitative estimate of drug-likeness (QED) is 0.175. The maximum atomic E-state index is 12.3. The third kappa shape index (κ3) is 15.2. The SMILES string of the molecule is Br.C=CC[N+](C)(C)CCCN(C)S(=O)(=O)CCCCCCCCCCC. The molecule has 0 heterocycles. The molecular weight excluding hydrogens is 412 g/mol. The molecule has 0 fully saturated rings. The van der Waals surface area contributed by atoms with Crippen LogP contribution in [0.2, 0.25) is 0 Å². The van der Waals surface area contributed by atoms with Crippen LogP contribution in [-0.4, -0.2) is 63.7 Å². The van der Waals surface area contributed by atoms with E-state index in [1.165, 1.54) is 44.9 Å². The van der Waals surface area contributed by atoms with E-state index in [1.54, 1.807) is 11.4 Å². The highest BCUT2D eigenvalue weighted by Crippen LogP contribution is 2.11. The number of hydrogen-bond acceptors (Lipinski definition) is 2. The minimum Gasteiger partial charge on any atom is -0.325 e. The highest BCUT2D eigenvalue weighted by Gasteiger charge is 2.19. The highest BCUT2D eigenvalue weighted by molar-refractivity contribution is 8.93. The summed E-state index contributed by atoms with van der Waals surface area (Å²) in [5.74, 6) is 0.296. The zero-order chi connectivity index (χ0) is 19.2. The van der Waals surface area contributed by atoms with E-state index in [4.69, 9.17) is 0 Å². The highest BCUT2D eigenvalue weighted by atomic mass is 79.9. The third-order valence-corrected chi connectivity index (χ3v) is 6.78. The van der Waals surface area contributed by atoms with E-state index >= 15 is 0 Å². The molecule has 0 saturated heterocycles. The molecule has 6 heteroatoms. The van der Waals surface area contributed by atoms with Gasteiger partial charge in [-0.15, -0.1) is 17.0 Å². The number of quaternary nitrogens is 1. The lowest BCUT2D eigenvalue weighted by molar-refractivity contribution is -0.884. The Morgan fingerprint density at radius 1 is 0.923 bits per heavy atom. The van der Waals surface area contributed by atoms with Gasteiger partial charge in [-0.05, 0) is 12.5 Å². The average molecular weight is 457 g/mol. The Labute approximate surface area is 174 Å². The van der Waals surface area contributed by atoms with E-state index in [1.807, 2.05) is 6.08 Å². The van der Waals surface area contributed by atoms with Gasteiger partial charge < -0.3 is 4.48 Å². The molecule has 0 radical (unpaired) electrons. The molecule has 26 heavy (non-hydrogen) atoms. The molecule has 0 aliphatic heterocycles. The van der Waals surface area contributed by atoms with Gasteiger partial charge in [-0.25, -0.2) is 12.7 Å². The van der Waals surface area contributed by atoms with Gasteiger partial charge in [0, 0.05) is 20.0 Å². The van der Waals surface area contributed by atoms with Gasteiger partial charge in [0.2, 0.25) is 10.0 Å². The van der Waals surface area contributed by atoms with Crippen LogP contribution in [0.5, 0.6) is 0 Å². The van der Waals surface area contributed by atoms with Gasteiger partial charge in [0.25, 0.3) is 0 Å². The van der Waals surface area contributed by atoms with Crippen LogP contribution in [0, 0.1) is 0 Å². The first-order chi connectivity index (χ1) is 11.7. The van der Waals surface area contributed by atoms with Crippen LogP contribution < -0.4 is 0 Å². The third-order valence-electron chi connectivity index (χ3n) is 4.84. The maximum absolute atomic E-state index is 12.3. The molecule has 4 nitrogen and oxygen atoms in total. The van der Waals surface area contributed by atoms with Crippen molar-refractivity contribution < 1.29 is 12.9 Å². The molecule has 0 aliphatic rings. The van der Waals surface area contributed by atoms with Crippen molar-refractivity contribution in [3.8, 4) is 0 Å². The van der Waals surface area contributed by atoms with Crippen LogP contribution >= 0.6 is 17.0 Å². The summed E-state index contributed by atoms with van der Waals surface area (Å²) in [5.41, 5.74) is 0. The normalized spacial score (nSPS) is 12.2. The zero-order valence-electron chi connectivity index (χ0n) is 17.7. The number of rotatable bonds is 17. The van der Waals surface area contributed by atoms with Crippen LogP contribution in [-0.2, 0) is 10.0 Å². The van der Waals surface area contributed by atoms with Gasteiger partial charge >= 0.3 is 0 Å². The number of nitrogens with zero attached hydrogens (tertiary/aromatic N) is 2. The molecule has 0 aliphatic carbocycles. The molecule has 0 atom stereocenters. The average Bonchev–Trinajstić information content (AvgIpc) is 2.52. The lowest BCUT2D eigenvalue weighted by Gasteiger charge is -2.29. The topological polar surface area (TPSA) is 37.4 Å². The molecule has 0 saturated carbocycles. The van der Waals surface area contributed by atoms with Crippen molar-refractivity contribution in [3.05, 3.63) is 12.7 Å². The fraction of sp³-hybridized carbons (Fsp3) is 0.900. The standard InChI is InChI=1S/C20H43N2O2S.BrH/c1-6-8-9-10-11-12-13-14-15-20-25(23,24)21(3)17-16-19-22(4,5)18-7-2;/h7H,2,6,8-20H2,1,3-5H3;1H/q+1;. The largest absolute Gasteiger partial charge is 0.325 e. The van der Waals surface area contributed by atoms with Gasteiger partial charge in [-0.1, -0.05) is 64.9 Å². The molecule has 0 bridgehead atoms. The summed E-state index contributed by atoms with van der Waals surface area (Å²) in [4.78, 5) is 0. The Bertz CT molecular complexity index is 439. The van der Waals surface area contributed by atoms with Crippen molar-refractivity contribution >= 4 is 27.0 Å². The molecule has 0 aromatic rings. The van der Waals surface area contributed by atoms with Crippen LogP contribution in [0.15, 0.2) is 12.7 Å². The van der Waals surface area contributed by atoms with Crippen molar-refractivity contribution in [2.75, 3.05) is 46.5 Å². The molecule has 0 unspecified atom stereocenters. The Hall–Kier alpha value is 0.0900. The lowest BCUT2D eigenvalue weighted by atomic mass is 10.1. The molecule has 0 aromatic heterocycles. The van der Waals surface area contributed by atoms with Gasteiger partial charge in [-0.3, -0.25) is 0 Å². The second-order valence-electron chi connectivity index (χ2n) is 7.95. The zero-order valence-corrected chi connectivity index (χ0v) is 20.2. The van der Waals surface area contributed by atoms with Crippen molar-refractivity contribution in [3.63, 3.8) is 0 Å². The van der Waals surface area contributed by atoms with Crippen LogP contribution in [0.25, 0.3) is 0 Å². The summed E-state index contributed by atoms with van der Waals surface area (Å²) in [5, 5.41) is 0. The predicted molar refractivity (Wildman–Crippen MR) is 121 cm³/mol. The molecule has 0 amide bonds. The van der Waals surface area contributed by atoms with Crippen LogP contribution in [0.3, 0.4) is 0 Å². The van der Waals surface area contributed by atoms with Crippen LogP contribution in [0.4, 0.5) is 0 Å². The molecule has 0 spiro atoms. The Morgan fingerprint density at radius 3 is 1.92 bits per heavy atom. The van der Waals surface area contributed by atoms with E-state index in [0.717, 1.165) is 36.8 Å². The number of likely N-dealkylation sites (N-methyl/N-ethyl adjacent to an activating group) is 1. The second-order valence-corrected chi connectivity index (χ2v) is 10.1. The first-order valence-electron chi connectivity index (χ1n) is 10.1. The van der Waals surface area contributed by atoms with Crippen molar-refractivity contribution in [2.24, 2.45) is 0 Å². The lowest BCUT2D eigenvalue weighted by Crippen LogP contribution is -2.42. The molecule has 158 valence electrons. The molecule has 0 rings (SSSR count). The number of halogens is 1. The minimum atomic E-state index is -3.09. The number of unbranched alkanes of at least 4 members (excludes halogenated alkanes) is 8. The van der Waals surface area contributed by atoms with E-state index in [0.29, 0.717) is 12.3 Å². The number of hydrogen-bond donors (Lipinski definition) is 0. The van der Waals surface area contributed by atoms with E-state index in [2.05, 4.69) is 27.6 Å². The molecule has 0 N–H and O–H groups in total. The summed E-state index contributed by atoms with van der Waals surface area (Å²) >= 11 is 0.